The number of fused-ring (bicyclic) bond motifs is 4. The van der Waals surface area contributed by atoms with Gasteiger partial charge in [-0.2, -0.15) is 5.10 Å². The van der Waals surface area contributed by atoms with Crippen molar-refractivity contribution < 1.29 is 9.47 Å². The van der Waals surface area contributed by atoms with E-state index in [1.165, 1.54) is 0 Å². The molecule has 164 valence electrons. The largest absolute Gasteiger partial charge is 0.493 e. The van der Waals surface area contributed by atoms with Crippen molar-refractivity contribution in [3.8, 4) is 11.5 Å². The summed E-state index contributed by atoms with van der Waals surface area (Å²) in [6, 6.07) is 12.5. The van der Waals surface area contributed by atoms with Gasteiger partial charge in [0.2, 0.25) is 5.72 Å². The van der Waals surface area contributed by atoms with Crippen LogP contribution in [0, 0.1) is 0 Å². The van der Waals surface area contributed by atoms with Gasteiger partial charge in [0, 0.05) is 44.0 Å². The third kappa shape index (κ3) is 3.47. The molecule has 7 heteroatoms. The summed E-state index contributed by atoms with van der Waals surface area (Å²) in [4.78, 5) is 2.50. The number of hydrogen-bond donors (Lipinski definition) is 0. The Labute approximate surface area is 193 Å². The van der Waals surface area contributed by atoms with Gasteiger partial charge in [0.25, 0.3) is 0 Å². The zero-order chi connectivity index (χ0) is 21.8. The zero-order valence-electron chi connectivity index (χ0n) is 18.1. The van der Waals surface area contributed by atoms with Crippen molar-refractivity contribution in [3.05, 3.63) is 57.6 Å². The first-order chi connectivity index (χ1) is 14.9. The van der Waals surface area contributed by atoms with Crippen LogP contribution in [0.25, 0.3) is 0 Å². The molecule has 5 nitrogen and oxygen atoms in total. The van der Waals surface area contributed by atoms with Crippen molar-refractivity contribution in [2.75, 3.05) is 20.2 Å². The lowest BCUT2D eigenvalue weighted by Gasteiger charge is -2.51. The van der Waals surface area contributed by atoms with E-state index in [4.69, 9.17) is 37.8 Å². The van der Waals surface area contributed by atoms with Crippen LogP contribution in [0.1, 0.15) is 50.3 Å². The third-order valence-corrected chi connectivity index (χ3v) is 7.51. The van der Waals surface area contributed by atoms with E-state index in [1.807, 2.05) is 30.3 Å². The van der Waals surface area contributed by atoms with Crippen LogP contribution < -0.4 is 9.47 Å². The van der Waals surface area contributed by atoms with Gasteiger partial charge in [-0.05, 0) is 37.6 Å². The number of rotatable bonds is 3. The van der Waals surface area contributed by atoms with Crippen molar-refractivity contribution in [3.63, 3.8) is 0 Å². The van der Waals surface area contributed by atoms with Crippen molar-refractivity contribution in [1.82, 2.24) is 9.91 Å². The van der Waals surface area contributed by atoms with E-state index in [9.17, 15) is 0 Å². The molecule has 0 saturated carbocycles. The summed E-state index contributed by atoms with van der Waals surface area (Å²) in [6.45, 7) is 6.44. The zero-order valence-corrected chi connectivity index (χ0v) is 19.6. The van der Waals surface area contributed by atoms with E-state index in [0.717, 1.165) is 60.7 Å². The highest BCUT2D eigenvalue weighted by Gasteiger charge is 2.52. The Morgan fingerprint density at radius 2 is 1.90 bits per heavy atom. The van der Waals surface area contributed by atoms with Gasteiger partial charge in [0.05, 0.1) is 28.9 Å². The van der Waals surface area contributed by atoms with Gasteiger partial charge < -0.3 is 14.4 Å². The van der Waals surface area contributed by atoms with Gasteiger partial charge in [-0.3, -0.25) is 0 Å². The Balaban J connectivity index is 1.57. The molecule has 1 spiro atoms. The van der Waals surface area contributed by atoms with Crippen LogP contribution in [-0.2, 0) is 0 Å². The number of halogens is 2. The van der Waals surface area contributed by atoms with Gasteiger partial charge in [-0.25, -0.2) is 5.01 Å². The van der Waals surface area contributed by atoms with Crippen molar-refractivity contribution >= 4 is 28.9 Å². The molecule has 2 aromatic carbocycles. The van der Waals surface area contributed by atoms with Gasteiger partial charge >= 0.3 is 0 Å². The summed E-state index contributed by atoms with van der Waals surface area (Å²) in [7, 11) is 1.70. The molecule has 1 fully saturated rings. The van der Waals surface area contributed by atoms with Gasteiger partial charge in [0.1, 0.15) is 0 Å². The highest BCUT2D eigenvalue weighted by atomic mass is 35.5. The Morgan fingerprint density at radius 3 is 2.58 bits per heavy atom. The molecule has 2 aromatic rings. The Hall–Kier alpha value is -1.95. The second-order valence-electron chi connectivity index (χ2n) is 8.80. The molecule has 31 heavy (non-hydrogen) atoms. The summed E-state index contributed by atoms with van der Waals surface area (Å²) < 4.78 is 12.4. The van der Waals surface area contributed by atoms with E-state index >= 15 is 0 Å². The number of methoxy groups -OCH3 is 1. The smallest absolute Gasteiger partial charge is 0.200 e. The normalized spacial score (nSPS) is 22.2. The summed E-state index contributed by atoms with van der Waals surface area (Å²) >= 11 is 12.5. The van der Waals surface area contributed by atoms with Crippen LogP contribution in [0.5, 0.6) is 11.5 Å². The van der Waals surface area contributed by atoms with Crippen molar-refractivity contribution in [2.24, 2.45) is 5.10 Å². The molecule has 5 rings (SSSR count). The molecular formula is C24H27Cl2N3O2. The monoisotopic (exact) mass is 459 g/mol. The molecule has 0 bridgehead atoms. The molecule has 1 saturated heterocycles. The summed E-state index contributed by atoms with van der Waals surface area (Å²) in [5.41, 5.74) is 2.65. The Kier molecular flexibility index (Phi) is 5.32. The fourth-order valence-corrected chi connectivity index (χ4v) is 5.30. The fourth-order valence-electron chi connectivity index (χ4n) is 5.00. The van der Waals surface area contributed by atoms with Crippen molar-refractivity contribution in [1.29, 1.82) is 0 Å². The number of benzene rings is 2. The highest BCUT2D eigenvalue weighted by Crippen LogP contribution is 2.52. The second-order valence-corrected chi connectivity index (χ2v) is 9.61. The minimum absolute atomic E-state index is 0.105. The predicted molar refractivity (Wildman–Crippen MR) is 124 cm³/mol. The first-order valence-corrected chi connectivity index (χ1v) is 11.6. The highest BCUT2D eigenvalue weighted by molar-refractivity contribution is 6.42. The molecule has 3 aliphatic rings. The summed E-state index contributed by atoms with van der Waals surface area (Å²) in [5.74, 6) is 1.64. The minimum atomic E-state index is -0.477. The van der Waals surface area contributed by atoms with Crippen LogP contribution in [0.2, 0.25) is 10.0 Å². The molecule has 0 aromatic heterocycles. The maximum Gasteiger partial charge on any atom is 0.200 e. The van der Waals surface area contributed by atoms with Gasteiger partial charge in [0.15, 0.2) is 11.5 Å². The molecule has 0 amide bonds. The fraction of sp³-hybridized carbons (Fsp3) is 0.458. The van der Waals surface area contributed by atoms with E-state index < -0.39 is 5.72 Å². The lowest BCUT2D eigenvalue weighted by Crippen LogP contribution is -2.59. The molecule has 0 N–H and O–H groups in total. The number of hydrazone groups is 1. The number of piperidine rings is 1. The Bertz CT molecular complexity index is 1030. The van der Waals surface area contributed by atoms with E-state index in [-0.39, 0.29) is 6.04 Å². The average Bonchev–Trinajstić information content (AvgIpc) is 3.23. The standard InChI is InChI=1S/C24H27Cl2N3O2/c1-15(2)28-11-9-24(10-12-28)29-21(17-5-4-6-22(30-3)23(17)31-24)14-20(27-29)16-7-8-18(25)19(26)13-16/h4-8,13,15,21H,9-12,14H2,1-3H3/t21-/m1/s1. The quantitative estimate of drug-likeness (QED) is 0.585. The van der Waals surface area contributed by atoms with Crippen LogP contribution in [0.4, 0.5) is 0 Å². The van der Waals surface area contributed by atoms with Crippen LogP contribution in [0.15, 0.2) is 41.5 Å². The maximum absolute atomic E-state index is 6.77. The summed E-state index contributed by atoms with van der Waals surface area (Å²) in [6.07, 6.45) is 2.56. The Morgan fingerprint density at radius 1 is 1.13 bits per heavy atom. The number of nitrogens with zero attached hydrogens (tertiary/aromatic N) is 3. The lowest BCUT2D eigenvalue weighted by molar-refractivity contribution is -0.153. The van der Waals surface area contributed by atoms with Crippen LogP contribution in [-0.4, -0.2) is 47.6 Å². The summed E-state index contributed by atoms with van der Waals surface area (Å²) in [5, 5.41) is 8.43. The molecule has 3 aliphatic heterocycles. The number of likely N-dealkylation sites (tertiary alicyclic amines) is 1. The van der Waals surface area contributed by atoms with E-state index in [1.54, 1.807) is 7.11 Å². The first-order valence-electron chi connectivity index (χ1n) is 10.8. The topological polar surface area (TPSA) is 37.3 Å². The maximum atomic E-state index is 6.77. The molecule has 0 aliphatic carbocycles. The van der Waals surface area contributed by atoms with Crippen LogP contribution in [0.3, 0.4) is 0 Å². The molecule has 3 heterocycles. The van der Waals surface area contributed by atoms with Gasteiger partial charge in [-0.1, -0.05) is 41.4 Å². The number of para-hydroxylation sites is 1. The second kappa shape index (κ2) is 7.88. The molecule has 0 unspecified atom stereocenters. The van der Waals surface area contributed by atoms with E-state index in [0.29, 0.717) is 16.1 Å². The first kappa shape index (κ1) is 20.9. The van der Waals surface area contributed by atoms with Crippen LogP contribution >= 0.6 is 23.2 Å². The molecular weight excluding hydrogens is 433 g/mol. The molecule has 1 atom stereocenters. The average molecular weight is 460 g/mol. The van der Waals surface area contributed by atoms with Crippen molar-refractivity contribution in [2.45, 2.75) is 50.9 Å². The molecule has 0 radical (unpaired) electrons. The van der Waals surface area contributed by atoms with E-state index in [2.05, 4.69) is 29.8 Å². The number of hydrogen-bond acceptors (Lipinski definition) is 5. The number of ether oxygens (including phenoxy) is 2. The van der Waals surface area contributed by atoms with Gasteiger partial charge in [-0.15, -0.1) is 0 Å². The predicted octanol–water partition coefficient (Wildman–Crippen LogP) is 5.75. The minimum Gasteiger partial charge on any atom is -0.493 e. The lowest BCUT2D eigenvalue weighted by atomic mass is 9.90. The SMILES string of the molecule is COc1cccc2c1OC1(CCN(C(C)C)CC1)N1N=C(c3ccc(Cl)c(Cl)c3)C[C@H]21. The third-order valence-electron chi connectivity index (χ3n) is 6.77.